The van der Waals surface area contributed by atoms with Gasteiger partial charge in [0.2, 0.25) is 0 Å². The summed E-state index contributed by atoms with van der Waals surface area (Å²) in [6.07, 6.45) is 3.91. The molecule has 2 heterocycles. The molecule has 3 nitrogen and oxygen atoms in total. The van der Waals surface area contributed by atoms with Crippen molar-refractivity contribution < 1.29 is 9.53 Å². The summed E-state index contributed by atoms with van der Waals surface area (Å²) in [7, 11) is 0. The Morgan fingerprint density at radius 3 is 3.00 bits per heavy atom. The predicted molar refractivity (Wildman–Crippen MR) is 77.3 cm³/mol. The first-order valence-corrected chi connectivity index (χ1v) is 6.93. The summed E-state index contributed by atoms with van der Waals surface area (Å²) < 4.78 is 5.48. The highest BCUT2D eigenvalue weighted by Gasteiger charge is 2.13. The van der Waals surface area contributed by atoms with Crippen LogP contribution in [0, 0.1) is 6.92 Å². The van der Waals surface area contributed by atoms with Gasteiger partial charge in [0, 0.05) is 30.3 Å². The number of ketones is 1. The molecule has 0 bridgehead atoms. The van der Waals surface area contributed by atoms with Gasteiger partial charge in [-0.3, -0.25) is 9.78 Å². The van der Waals surface area contributed by atoms with Gasteiger partial charge in [0.05, 0.1) is 6.61 Å². The molecule has 102 valence electrons. The molecule has 2 aromatic rings. The maximum Gasteiger partial charge on any atom is 0.164 e. The molecule has 0 N–H and O–H groups in total. The third-order valence-electron chi connectivity index (χ3n) is 3.63. The smallest absolute Gasteiger partial charge is 0.164 e. The number of Topliss-reactive ketones (excluding diaryl/α,β-unsaturated/α-hetero) is 1. The van der Waals surface area contributed by atoms with Crippen LogP contribution in [0.25, 0.3) is 0 Å². The molecule has 3 rings (SSSR count). The van der Waals surface area contributed by atoms with Crippen molar-refractivity contribution >= 4 is 5.78 Å². The molecule has 1 aromatic heterocycles. The SMILES string of the molecule is Cc1ccc(C(=O)CCc2ccc3c(c2)CCO3)cn1. The Bertz CT molecular complexity index is 632. The lowest BCUT2D eigenvalue weighted by molar-refractivity contribution is 0.0982. The van der Waals surface area contributed by atoms with Crippen molar-refractivity contribution in [3.63, 3.8) is 0 Å². The van der Waals surface area contributed by atoms with E-state index in [-0.39, 0.29) is 5.78 Å². The number of nitrogens with zero attached hydrogens (tertiary/aromatic N) is 1. The lowest BCUT2D eigenvalue weighted by Crippen LogP contribution is -2.02. The van der Waals surface area contributed by atoms with Gasteiger partial charge in [-0.2, -0.15) is 0 Å². The van der Waals surface area contributed by atoms with Crippen LogP contribution in [-0.4, -0.2) is 17.4 Å². The van der Waals surface area contributed by atoms with E-state index in [1.165, 1.54) is 11.1 Å². The third kappa shape index (κ3) is 2.72. The summed E-state index contributed by atoms with van der Waals surface area (Å²) in [5.41, 5.74) is 4.08. The number of fused-ring (bicyclic) bond motifs is 1. The molecule has 0 amide bonds. The normalized spacial score (nSPS) is 12.8. The summed E-state index contributed by atoms with van der Waals surface area (Å²) in [6, 6.07) is 9.94. The Labute approximate surface area is 118 Å². The molecular weight excluding hydrogens is 250 g/mol. The second-order valence-corrected chi connectivity index (χ2v) is 5.15. The van der Waals surface area contributed by atoms with Gasteiger partial charge >= 0.3 is 0 Å². The molecule has 0 fully saturated rings. The highest BCUT2D eigenvalue weighted by Crippen LogP contribution is 2.26. The van der Waals surface area contributed by atoms with E-state index in [9.17, 15) is 4.79 Å². The summed E-state index contributed by atoms with van der Waals surface area (Å²) in [6.45, 7) is 2.69. The fourth-order valence-corrected chi connectivity index (χ4v) is 2.43. The Morgan fingerprint density at radius 2 is 2.20 bits per heavy atom. The van der Waals surface area contributed by atoms with E-state index in [0.29, 0.717) is 12.0 Å². The van der Waals surface area contributed by atoms with Crippen LogP contribution in [0.15, 0.2) is 36.5 Å². The Hall–Kier alpha value is -2.16. The van der Waals surface area contributed by atoms with Crippen LogP contribution in [0.3, 0.4) is 0 Å². The van der Waals surface area contributed by atoms with Gasteiger partial charge in [0.25, 0.3) is 0 Å². The number of aromatic nitrogens is 1. The molecule has 0 atom stereocenters. The van der Waals surface area contributed by atoms with E-state index in [2.05, 4.69) is 11.1 Å². The standard InChI is InChI=1S/C17H17NO2/c1-12-2-5-15(11-18-12)16(19)6-3-13-4-7-17-14(10-13)8-9-20-17/h2,4-5,7,10-11H,3,6,8-9H2,1H3. The fourth-order valence-electron chi connectivity index (χ4n) is 2.43. The number of benzene rings is 1. The average Bonchev–Trinajstić information content (AvgIpc) is 2.93. The fraction of sp³-hybridized carbons (Fsp3) is 0.294. The van der Waals surface area contributed by atoms with E-state index in [1.807, 2.05) is 31.2 Å². The molecule has 1 aliphatic rings. The molecule has 1 aliphatic heterocycles. The maximum absolute atomic E-state index is 12.1. The zero-order valence-electron chi connectivity index (χ0n) is 11.6. The van der Waals surface area contributed by atoms with Gasteiger partial charge in [-0.05, 0) is 42.7 Å². The molecule has 20 heavy (non-hydrogen) atoms. The lowest BCUT2D eigenvalue weighted by atomic mass is 10.0. The van der Waals surface area contributed by atoms with E-state index < -0.39 is 0 Å². The van der Waals surface area contributed by atoms with Crippen molar-refractivity contribution in [3.8, 4) is 5.75 Å². The minimum absolute atomic E-state index is 0.147. The van der Waals surface area contributed by atoms with E-state index in [1.54, 1.807) is 6.20 Å². The summed E-state index contributed by atoms with van der Waals surface area (Å²) in [5.74, 6) is 1.14. The molecule has 0 radical (unpaired) electrons. The highest BCUT2D eigenvalue weighted by molar-refractivity contribution is 5.95. The van der Waals surface area contributed by atoms with Crippen LogP contribution < -0.4 is 4.74 Å². The number of carbonyl (C=O) groups is 1. The van der Waals surface area contributed by atoms with Gasteiger partial charge in [-0.1, -0.05) is 12.1 Å². The quantitative estimate of drug-likeness (QED) is 0.799. The van der Waals surface area contributed by atoms with Crippen LogP contribution in [0.4, 0.5) is 0 Å². The molecular formula is C17H17NO2. The number of rotatable bonds is 4. The summed E-state index contributed by atoms with van der Waals surface area (Å²) >= 11 is 0. The Balaban J connectivity index is 1.64. The third-order valence-corrected chi connectivity index (χ3v) is 3.63. The van der Waals surface area contributed by atoms with Crippen LogP contribution in [0.1, 0.15) is 33.6 Å². The number of aryl methyl sites for hydroxylation is 2. The minimum Gasteiger partial charge on any atom is -0.493 e. The number of hydrogen-bond donors (Lipinski definition) is 0. The van der Waals surface area contributed by atoms with Gasteiger partial charge in [0.1, 0.15) is 5.75 Å². The molecule has 3 heteroatoms. The largest absolute Gasteiger partial charge is 0.493 e. The maximum atomic E-state index is 12.1. The minimum atomic E-state index is 0.147. The number of pyridine rings is 1. The zero-order chi connectivity index (χ0) is 13.9. The summed E-state index contributed by atoms with van der Waals surface area (Å²) in [5, 5.41) is 0. The van der Waals surface area contributed by atoms with Gasteiger partial charge in [-0.15, -0.1) is 0 Å². The van der Waals surface area contributed by atoms with Crippen molar-refractivity contribution in [2.45, 2.75) is 26.2 Å². The van der Waals surface area contributed by atoms with Crippen molar-refractivity contribution in [2.24, 2.45) is 0 Å². The topological polar surface area (TPSA) is 39.2 Å². The van der Waals surface area contributed by atoms with Crippen molar-refractivity contribution in [3.05, 3.63) is 58.9 Å². The molecule has 0 aliphatic carbocycles. The van der Waals surface area contributed by atoms with E-state index in [4.69, 9.17) is 4.74 Å². The van der Waals surface area contributed by atoms with Crippen molar-refractivity contribution in [2.75, 3.05) is 6.61 Å². The second-order valence-electron chi connectivity index (χ2n) is 5.15. The van der Waals surface area contributed by atoms with Gasteiger partial charge in [0.15, 0.2) is 5.78 Å². The number of ether oxygens (including phenoxy) is 1. The van der Waals surface area contributed by atoms with E-state index in [0.717, 1.165) is 30.9 Å². The Kier molecular flexibility index (Phi) is 3.50. The number of hydrogen-bond acceptors (Lipinski definition) is 3. The lowest BCUT2D eigenvalue weighted by Gasteiger charge is -2.04. The molecule has 1 aromatic carbocycles. The molecule has 0 saturated carbocycles. The zero-order valence-corrected chi connectivity index (χ0v) is 11.6. The summed E-state index contributed by atoms with van der Waals surface area (Å²) in [4.78, 5) is 16.3. The van der Waals surface area contributed by atoms with Crippen LogP contribution in [0.5, 0.6) is 5.75 Å². The first-order valence-electron chi connectivity index (χ1n) is 6.93. The highest BCUT2D eigenvalue weighted by atomic mass is 16.5. The second kappa shape index (κ2) is 5.45. The van der Waals surface area contributed by atoms with Gasteiger partial charge < -0.3 is 4.74 Å². The molecule has 0 unspecified atom stereocenters. The van der Waals surface area contributed by atoms with Crippen molar-refractivity contribution in [1.82, 2.24) is 4.98 Å². The average molecular weight is 267 g/mol. The first-order chi connectivity index (χ1) is 9.72. The number of carbonyl (C=O) groups excluding carboxylic acids is 1. The van der Waals surface area contributed by atoms with Crippen molar-refractivity contribution in [1.29, 1.82) is 0 Å². The van der Waals surface area contributed by atoms with Crippen LogP contribution in [0.2, 0.25) is 0 Å². The monoisotopic (exact) mass is 267 g/mol. The van der Waals surface area contributed by atoms with E-state index >= 15 is 0 Å². The van der Waals surface area contributed by atoms with Crippen LogP contribution in [-0.2, 0) is 12.8 Å². The first kappa shape index (κ1) is 12.9. The van der Waals surface area contributed by atoms with Crippen LogP contribution >= 0.6 is 0 Å². The Morgan fingerprint density at radius 1 is 1.30 bits per heavy atom. The van der Waals surface area contributed by atoms with Gasteiger partial charge in [-0.25, -0.2) is 0 Å². The predicted octanol–water partition coefficient (Wildman–Crippen LogP) is 3.14. The molecule has 0 saturated heterocycles. The molecule has 0 spiro atoms.